The standard InChI is InChI=1S/2C4H10O3.C3H8O2/c5-1-3-7-4-2-6;5-2-1-4(7)3-6;1-3(5)2-4/h5-6H,1-4H2;4-7H,1-3H2;3-5H,2H2,1H3. The fourth-order valence-corrected chi connectivity index (χ4v) is 0.471. The molecule has 8 nitrogen and oxygen atoms in total. The Morgan fingerprint density at radius 1 is 0.789 bits per heavy atom. The summed E-state index contributed by atoms with van der Waals surface area (Å²) in [5.41, 5.74) is 0. The van der Waals surface area contributed by atoms with Crippen molar-refractivity contribution in [2.45, 2.75) is 25.6 Å². The largest absolute Gasteiger partial charge is 0.396 e. The van der Waals surface area contributed by atoms with E-state index in [1.54, 1.807) is 0 Å². The molecule has 2 atom stereocenters. The van der Waals surface area contributed by atoms with Crippen LogP contribution in [-0.2, 0) is 4.74 Å². The molecule has 0 aliphatic rings. The van der Waals surface area contributed by atoms with Gasteiger partial charge in [0.25, 0.3) is 0 Å². The van der Waals surface area contributed by atoms with Crippen LogP contribution >= 0.6 is 0 Å². The smallest absolute Gasteiger partial charge is 0.0792 e. The minimum atomic E-state index is -0.745. The van der Waals surface area contributed by atoms with Crippen molar-refractivity contribution in [2.24, 2.45) is 0 Å². The molecule has 0 saturated heterocycles. The first kappa shape index (κ1) is 23.7. The Labute approximate surface area is 113 Å². The maximum atomic E-state index is 8.45. The van der Waals surface area contributed by atoms with Crippen LogP contribution < -0.4 is 0 Å². The molecular formula is C11H28O8. The van der Waals surface area contributed by atoms with Crippen LogP contribution in [0, 0.1) is 0 Å². The molecule has 0 radical (unpaired) electrons. The van der Waals surface area contributed by atoms with Crippen LogP contribution in [0.4, 0.5) is 0 Å². The average Bonchev–Trinajstić information content (AvgIpc) is 2.41. The van der Waals surface area contributed by atoms with Gasteiger partial charge in [-0.05, 0) is 13.3 Å². The summed E-state index contributed by atoms with van der Waals surface area (Å²) in [6, 6.07) is 0. The van der Waals surface area contributed by atoms with E-state index in [0.29, 0.717) is 13.2 Å². The van der Waals surface area contributed by atoms with Gasteiger partial charge in [-0.3, -0.25) is 0 Å². The second-order valence-electron chi connectivity index (χ2n) is 3.44. The summed E-state index contributed by atoms with van der Waals surface area (Å²) in [4.78, 5) is 0. The monoisotopic (exact) mass is 288 g/mol. The summed E-state index contributed by atoms with van der Waals surface area (Å²) < 4.78 is 4.63. The van der Waals surface area contributed by atoms with Crippen molar-refractivity contribution in [2.75, 3.05) is 46.2 Å². The van der Waals surface area contributed by atoms with Gasteiger partial charge in [-0.2, -0.15) is 0 Å². The van der Waals surface area contributed by atoms with E-state index >= 15 is 0 Å². The minimum absolute atomic E-state index is 0.0278. The van der Waals surface area contributed by atoms with E-state index in [1.807, 2.05) is 0 Å². The SMILES string of the molecule is CC(O)CO.OCCC(O)CO.OCCOCCO. The molecule has 0 amide bonds. The van der Waals surface area contributed by atoms with Crippen molar-refractivity contribution in [1.29, 1.82) is 0 Å². The maximum Gasteiger partial charge on any atom is 0.0792 e. The third-order valence-electron chi connectivity index (χ3n) is 1.41. The quantitative estimate of drug-likeness (QED) is 0.234. The summed E-state index contributed by atoms with van der Waals surface area (Å²) >= 11 is 0. The predicted molar refractivity (Wildman–Crippen MR) is 68.6 cm³/mol. The molecule has 0 rings (SSSR count). The third-order valence-corrected chi connectivity index (χ3v) is 1.41. The van der Waals surface area contributed by atoms with Gasteiger partial charge in [-0.1, -0.05) is 0 Å². The number of rotatable bonds is 8. The lowest BCUT2D eigenvalue weighted by Crippen LogP contribution is -2.12. The average molecular weight is 288 g/mol. The van der Waals surface area contributed by atoms with Gasteiger partial charge in [0.15, 0.2) is 0 Å². The molecule has 8 heteroatoms. The maximum absolute atomic E-state index is 8.45. The third kappa shape index (κ3) is 38.1. The fourth-order valence-electron chi connectivity index (χ4n) is 0.471. The Balaban J connectivity index is -0.000000206. The van der Waals surface area contributed by atoms with Crippen LogP contribution in [0.15, 0.2) is 0 Å². The molecule has 0 aliphatic carbocycles. The molecule has 0 spiro atoms. The highest BCUT2D eigenvalue weighted by atomic mass is 16.5. The van der Waals surface area contributed by atoms with Gasteiger partial charge in [0.05, 0.1) is 51.8 Å². The van der Waals surface area contributed by atoms with Crippen molar-refractivity contribution in [3.05, 3.63) is 0 Å². The molecule has 0 saturated carbocycles. The zero-order valence-corrected chi connectivity index (χ0v) is 11.4. The summed E-state index contributed by atoms with van der Waals surface area (Å²) in [6.07, 6.45) is -1.05. The summed E-state index contributed by atoms with van der Waals surface area (Å²) in [5.74, 6) is 0. The van der Waals surface area contributed by atoms with Crippen LogP contribution in [0.3, 0.4) is 0 Å². The highest BCUT2D eigenvalue weighted by Crippen LogP contribution is 1.84. The number of hydrogen-bond donors (Lipinski definition) is 7. The number of aliphatic hydroxyl groups excluding tert-OH is 7. The lowest BCUT2D eigenvalue weighted by atomic mass is 10.3. The van der Waals surface area contributed by atoms with Crippen molar-refractivity contribution in [3.8, 4) is 0 Å². The fraction of sp³-hybridized carbons (Fsp3) is 1.00. The van der Waals surface area contributed by atoms with E-state index in [1.165, 1.54) is 6.92 Å². The van der Waals surface area contributed by atoms with Crippen molar-refractivity contribution in [3.63, 3.8) is 0 Å². The molecule has 0 aromatic heterocycles. The first-order valence-electron chi connectivity index (χ1n) is 5.98. The molecule has 120 valence electrons. The topological polar surface area (TPSA) is 151 Å². The van der Waals surface area contributed by atoms with E-state index in [0.717, 1.165) is 0 Å². The van der Waals surface area contributed by atoms with E-state index in [9.17, 15) is 0 Å². The van der Waals surface area contributed by atoms with Gasteiger partial charge in [0.1, 0.15) is 0 Å². The summed E-state index contributed by atoms with van der Waals surface area (Å²) in [6.45, 7) is 1.75. The molecule has 0 aliphatic heterocycles. The minimum Gasteiger partial charge on any atom is -0.396 e. The first-order valence-corrected chi connectivity index (χ1v) is 5.98. The number of aliphatic hydroxyl groups is 7. The van der Waals surface area contributed by atoms with Crippen LogP contribution in [0.5, 0.6) is 0 Å². The Hall–Kier alpha value is -0.320. The van der Waals surface area contributed by atoms with Crippen LogP contribution in [0.1, 0.15) is 13.3 Å². The molecule has 0 aromatic rings. The van der Waals surface area contributed by atoms with Gasteiger partial charge in [-0.15, -0.1) is 0 Å². The highest BCUT2D eigenvalue weighted by Gasteiger charge is 1.96. The van der Waals surface area contributed by atoms with Crippen LogP contribution in [-0.4, -0.2) is 94.2 Å². The second kappa shape index (κ2) is 22.8. The van der Waals surface area contributed by atoms with Gasteiger partial charge in [0, 0.05) is 6.61 Å². The summed E-state index contributed by atoms with van der Waals surface area (Å²) in [5, 5.41) is 56.8. The normalized spacial score (nSPS) is 12.6. The van der Waals surface area contributed by atoms with Gasteiger partial charge in [-0.25, -0.2) is 0 Å². The van der Waals surface area contributed by atoms with E-state index in [2.05, 4.69) is 4.74 Å². The highest BCUT2D eigenvalue weighted by molar-refractivity contribution is 4.48. The van der Waals surface area contributed by atoms with Crippen molar-refractivity contribution < 1.29 is 40.5 Å². The predicted octanol–water partition coefficient (Wildman–Crippen LogP) is -2.93. The summed E-state index contributed by atoms with van der Waals surface area (Å²) in [7, 11) is 0. The van der Waals surface area contributed by atoms with Gasteiger partial charge in [0.2, 0.25) is 0 Å². The van der Waals surface area contributed by atoms with E-state index < -0.39 is 12.2 Å². The lowest BCUT2D eigenvalue weighted by molar-refractivity contribution is 0.0650. The Bertz CT molecular complexity index is 130. The zero-order chi connectivity index (χ0) is 15.5. The second-order valence-corrected chi connectivity index (χ2v) is 3.44. The van der Waals surface area contributed by atoms with Gasteiger partial charge < -0.3 is 40.5 Å². The molecule has 7 N–H and O–H groups in total. The molecule has 0 fully saturated rings. The van der Waals surface area contributed by atoms with Crippen LogP contribution in [0.2, 0.25) is 0 Å². The molecular weight excluding hydrogens is 260 g/mol. The Kier molecular flexibility index (Phi) is 28.5. The van der Waals surface area contributed by atoms with Crippen LogP contribution in [0.25, 0.3) is 0 Å². The first-order chi connectivity index (χ1) is 8.99. The molecule has 2 unspecified atom stereocenters. The molecule has 19 heavy (non-hydrogen) atoms. The zero-order valence-electron chi connectivity index (χ0n) is 11.4. The van der Waals surface area contributed by atoms with Gasteiger partial charge >= 0.3 is 0 Å². The molecule has 0 aromatic carbocycles. The molecule has 0 bridgehead atoms. The lowest BCUT2D eigenvalue weighted by Gasteiger charge is -2.00. The van der Waals surface area contributed by atoms with Crippen molar-refractivity contribution in [1.82, 2.24) is 0 Å². The number of hydrogen-bond acceptors (Lipinski definition) is 8. The number of ether oxygens (including phenoxy) is 1. The van der Waals surface area contributed by atoms with E-state index in [-0.39, 0.29) is 39.5 Å². The van der Waals surface area contributed by atoms with Crippen molar-refractivity contribution >= 4 is 0 Å². The molecule has 0 heterocycles. The Morgan fingerprint density at radius 2 is 1.21 bits per heavy atom. The Morgan fingerprint density at radius 3 is 1.37 bits per heavy atom. The van der Waals surface area contributed by atoms with E-state index in [4.69, 9.17) is 35.7 Å².